The van der Waals surface area contributed by atoms with Crippen molar-refractivity contribution >= 4 is 22.9 Å². The lowest BCUT2D eigenvalue weighted by Crippen LogP contribution is -2.21. The smallest absolute Gasteiger partial charge is 0.129 e. The molecule has 0 saturated carbocycles. The van der Waals surface area contributed by atoms with Crippen LogP contribution in [0.5, 0.6) is 5.75 Å². The highest BCUT2D eigenvalue weighted by molar-refractivity contribution is 7.10. The zero-order valence-corrected chi connectivity index (χ0v) is 12.9. The molecule has 2 aromatic rings. The van der Waals surface area contributed by atoms with Gasteiger partial charge in [0.25, 0.3) is 0 Å². The summed E-state index contributed by atoms with van der Waals surface area (Å²) < 4.78 is 7.21. The first kappa shape index (κ1) is 14.4. The van der Waals surface area contributed by atoms with E-state index in [0.29, 0.717) is 5.02 Å². The molecule has 0 spiro atoms. The van der Waals surface area contributed by atoms with Crippen LogP contribution in [0.3, 0.4) is 0 Å². The van der Waals surface area contributed by atoms with E-state index in [1.807, 2.05) is 23.2 Å². The van der Waals surface area contributed by atoms with Crippen molar-refractivity contribution in [2.24, 2.45) is 0 Å². The average molecular weight is 300 g/mol. The normalized spacial score (nSPS) is 12.6. The van der Waals surface area contributed by atoms with E-state index in [1.165, 1.54) is 4.88 Å². The van der Waals surface area contributed by atoms with Gasteiger partial charge in [-0.15, -0.1) is 11.3 Å². The van der Waals surface area contributed by atoms with Gasteiger partial charge in [0.05, 0.1) is 30.1 Å². The largest absolute Gasteiger partial charge is 0.496 e. The summed E-state index contributed by atoms with van der Waals surface area (Å²) in [5.74, 6) is 0.873. The molecule has 4 nitrogen and oxygen atoms in total. The van der Waals surface area contributed by atoms with Gasteiger partial charge in [0.2, 0.25) is 0 Å². The number of ether oxygens (including phenoxy) is 1. The molecule has 1 atom stereocenters. The number of thiophene rings is 1. The van der Waals surface area contributed by atoms with Crippen LogP contribution in [0.25, 0.3) is 0 Å². The molecule has 0 amide bonds. The minimum atomic E-state index is 0.0375. The van der Waals surface area contributed by atoms with Crippen molar-refractivity contribution < 1.29 is 4.74 Å². The Balaban J connectivity index is 2.38. The van der Waals surface area contributed by atoms with E-state index in [-0.39, 0.29) is 6.04 Å². The van der Waals surface area contributed by atoms with Crippen LogP contribution < -0.4 is 10.1 Å². The topological polar surface area (TPSA) is 39.1 Å². The fourth-order valence-electron chi connectivity index (χ4n) is 2.06. The molecule has 0 saturated heterocycles. The molecule has 0 aromatic carbocycles. The lowest BCUT2D eigenvalue weighted by atomic mass is 10.1. The van der Waals surface area contributed by atoms with E-state index in [1.54, 1.807) is 24.6 Å². The summed E-state index contributed by atoms with van der Waals surface area (Å²) in [4.78, 5) is 1.17. The van der Waals surface area contributed by atoms with Crippen LogP contribution in [0.15, 0.2) is 17.6 Å². The molecule has 1 unspecified atom stereocenters. The highest BCUT2D eigenvalue weighted by atomic mass is 35.5. The summed E-state index contributed by atoms with van der Waals surface area (Å²) in [6, 6.07) is 2.07. The van der Waals surface area contributed by atoms with Crippen molar-refractivity contribution in [3.05, 3.63) is 33.2 Å². The third-order valence-electron chi connectivity index (χ3n) is 2.95. The number of rotatable bonds is 6. The fraction of sp³-hybridized carbons (Fsp3) is 0.462. The molecule has 0 aliphatic carbocycles. The van der Waals surface area contributed by atoms with Gasteiger partial charge in [-0.2, -0.15) is 5.10 Å². The number of methoxy groups -OCH3 is 1. The first-order valence-electron chi connectivity index (χ1n) is 6.22. The Labute approximate surface area is 122 Å². The summed E-state index contributed by atoms with van der Waals surface area (Å²) >= 11 is 7.95. The number of halogens is 1. The third kappa shape index (κ3) is 2.94. The van der Waals surface area contributed by atoms with Gasteiger partial charge in [0, 0.05) is 16.8 Å². The van der Waals surface area contributed by atoms with Gasteiger partial charge >= 0.3 is 0 Å². The molecule has 1 N–H and O–H groups in total. The van der Waals surface area contributed by atoms with Crippen molar-refractivity contribution in [3.8, 4) is 5.75 Å². The highest BCUT2D eigenvalue weighted by Gasteiger charge is 2.22. The quantitative estimate of drug-likeness (QED) is 0.889. The van der Waals surface area contributed by atoms with Crippen LogP contribution in [0.2, 0.25) is 5.02 Å². The molecule has 104 valence electrons. The maximum absolute atomic E-state index is 6.29. The summed E-state index contributed by atoms with van der Waals surface area (Å²) in [6.45, 7) is 2.99. The Morgan fingerprint density at radius 1 is 1.58 bits per heavy atom. The van der Waals surface area contributed by atoms with E-state index in [2.05, 4.69) is 17.3 Å². The number of nitrogens with one attached hydrogen (secondary N) is 1. The van der Waals surface area contributed by atoms with Crippen LogP contribution in [0, 0.1) is 0 Å². The second-order valence-corrected chi connectivity index (χ2v) is 5.56. The predicted octanol–water partition coefficient (Wildman–Crippen LogP) is 3.33. The van der Waals surface area contributed by atoms with E-state index < -0.39 is 0 Å². The Morgan fingerprint density at radius 3 is 2.95 bits per heavy atom. The van der Waals surface area contributed by atoms with Gasteiger partial charge in [0.1, 0.15) is 5.75 Å². The minimum Gasteiger partial charge on any atom is -0.496 e. The zero-order chi connectivity index (χ0) is 13.8. The average Bonchev–Trinajstić information content (AvgIpc) is 3.01. The molecule has 2 heterocycles. The Hall–Kier alpha value is -1.04. The zero-order valence-electron chi connectivity index (χ0n) is 11.3. The van der Waals surface area contributed by atoms with Gasteiger partial charge in [-0.25, -0.2) is 0 Å². The SMILES string of the molecule is CCCn1ncc(Cl)c1C(NC)c1cc(OC)cs1. The fourth-order valence-corrected chi connectivity index (χ4v) is 3.27. The van der Waals surface area contributed by atoms with E-state index in [9.17, 15) is 0 Å². The molecular formula is C13H18ClN3OS. The molecule has 2 rings (SSSR count). The number of aryl methyl sites for hydroxylation is 1. The molecule has 0 aliphatic rings. The lowest BCUT2D eigenvalue weighted by Gasteiger charge is -2.17. The van der Waals surface area contributed by atoms with Gasteiger partial charge in [-0.3, -0.25) is 4.68 Å². The van der Waals surface area contributed by atoms with Crippen molar-refractivity contribution in [2.75, 3.05) is 14.2 Å². The number of hydrogen-bond acceptors (Lipinski definition) is 4. The molecule has 0 aliphatic heterocycles. The van der Waals surface area contributed by atoms with Gasteiger partial charge < -0.3 is 10.1 Å². The monoisotopic (exact) mass is 299 g/mol. The van der Waals surface area contributed by atoms with Crippen molar-refractivity contribution in [1.29, 1.82) is 0 Å². The molecule has 0 radical (unpaired) electrons. The summed E-state index contributed by atoms with van der Waals surface area (Å²) in [5.41, 5.74) is 1.01. The van der Waals surface area contributed by atoms with Crippen molar-refractivity contribution in [2.45, 2.75) is 25.9 Å². The van der Waals surface area contributed by atoms with Crippen LogP contribution >= 0.6 is 22.9 Å². The second kappa shape index (κ2) is 6.41. The van der Waals surface area contributed by atoms with Crippen molar-refractivity contribution in [3.63, 3.8) is 0 Å². The standard InChI is InChI=1S/C13H18ClN3OS/c1-4-5-17-13(10(14)7-16-17)12(15-2)11-6-9(18-3)8-19-11/h6-8,12,15H,4-5H2,1-3H3. The van der Waals surface area contributed by atoms with Gasteiger partial charge in [-0.05, 0) is 19.5 Å². The van der Waals surface area contributed by atoms with Crippen LogP contribution in [-0.2, 0) is 6.54 Å². The summed E-state index contributed by atoms with van der Waals surface area (Å²) in [6.07, 6.45) is 2.73. The molecule has 0 bridgehead atoms. The molecular weight excluding hydrogens is 282 g/mol. The maximum Gasteiger partial charge on any atom is 0.129 e. The van der Waals surface area contributed by atoms with Crippen molar-refractivity contribution in [1.82, 2.24) is 15.1 Å². The minimum absolute atomic E-state index is 0.0375. The first-order valence-corrected chi connectivity index (χ1v) is 7.47. The van der Waals surface area contributed by atoms with E-state index >= 15 is 0 Å². The number of aromatic nitrogens is 2. The van der Waals surface area contributed by atoms with E-state index in [4.69, 9.17) is 16.3 Å². The second-order valence-electron chi connectivity index (χ2n) is 4.21. The summed E-state index contributed by atoms with van der Waals surface area (Å²) in [7, 11) is 3.60. The maximum atomic E-state index is 6.29. The van der Waals surface area contributed by atoms with Gasteiger partial charge in [0.15, 0.2) is 0 Å². The Morgan fingerprint density at radius 2 is 2.37 bits per heavy atom. The highest BCUT2D eigenvalue weighted by Crippen LogP contribution is 2.34. The number of nitrogens with zero attached hydrogens (tertiary/aromatic N) is 2. The Bertz CT molecular complexity index is 538. The first-order chi connectivity index (χ1) is 9.21. The third-order valence-corrected chi connectivity index (χ3v) is 4.21. The van der Waals surface area contributed by atoms with E-state index in [0.717, 1.165) is 24.4 Å². The molecule has 19 heavy (non-hydrogen) atoms. The summed E-state index contributed by atoms with van der Waals surface area (Å²) in [5, 5.41) is 10.3. The van der Waals surface area contributed by atoms with Gasteiger partial charge in [-0.1, -0.05) is 18.5 Å². The van der Waals surface area contributed by atoms with Crippen LogP contribution in [0.4, 0.5) is 0 Å². The predicted molar refractivity (Wildman–Crippen MR) is 79.3 cm³/mol. The number of hydrogen-bond donors (Lipinski definition) is 1. The Kier molecular flexibility index (Phi) is 4.85. The lowest BCUT2D eigenvalue weighted by molar-refractivity contribution is 0.416. The van der Waals surface area contributed by atoms with Crippen LogP contribution in [0.1, 0.15) is 30.0 Å². The molecule has 6 heteroatoms. The molecule has 2 aromatic heterocycles. The van der Waals surface area contributed by atoms with Crippen LogP contribution in [-0.4, -0.2) is 23.9 Å². The molecule has 0 fully saturated rings.